The third-order valence-electron chi connectivity index (χ3n) is 6.60. The molecule has 2 amide bonds. The van der Waals surface area contributed by atoms with Crippen LogP contribution in [0.15, 0.2) is 35.0 Å². The van der Waals surface area contributed by atoms with Gasteiger partial charge in [-0.05, 0) is 63.1 Å². The number of nitrogens with one attached hydrogen (secondary N) is 1. The van der Waals surface area contributed by atoms with Crippen molar-refractivity contribution in [3.05, 3.63) is 42.1 Å². The second-order valence-electron chi connectivity index (χ2n) is 9.00. The van der Waals surface area contributed by atoms with Crippen molar-refractivity contribution in [1.82, 2.24) is 20.0 Å². The van der Waals surface area contributed by atoms with Crippen LogP contribution in [-0.4, -0.2) is 45.1 Å². The number of carbonyl (C=O) groups is 2. The number of furan rings is 1. The van der Waals surface area contributed by atoms with Crippen LogP contribution < -0.4 is 5.32 Å². The molecule has 4 rings (SSSR count). The fourth-order valence-corrected chi connectivity index (χ4v) is 4.37. The molecule has 2 fully saturated rings. The molecule has 1 aliphatic heterocycles. The van der Waals surface area contributed by atoms with Crippen molar-refractivity contribution >= 4 is 11.8 Å². The Morgan fingerprint density at radius 3 is 2.90 bits per heavy atom. The van der Waals surface area contributed by atoms with Crippen molar-refractivity contribution in [3.8, 4) is 0 Å². The standard InChI is InChI=1S/C22H30N4O3/c1-4-22(2,3)24-20(27)17-12-15-8-11-25(14-18(15)17)21(28)19-7-6-16(29-19)13-26-10-5-9-23-26/h5-7,9-10,15,17-18H,4,8,11-14H2,1-3H3,(H,24,27)/t15-,17-,18-/m1/s1. The van der Waals surface area contributed by atoms with Gasteiger partial charge in [-0.25, -0.2) is 0 Å². The van der Waals surface area contributed by atoms with E-state index in [4.69, 9.17) is 4.42 Å². The highest BCUT2D eigenvalue weighted by Gasteiger charge is 2.49. The van der Waals surface area contributed by atoms with Crippen LogP contribution in [0.3, 0.4) is 0 Å². The first-order chi connectivity index (χ1) is 13.9. The van der Waals surface area contributed by atoms with Gasteiger partial charge in [-0.15, -0.1) is 0 Å². The molecule has 2 aromatic rings. The Morgan fingerprint density at radius 2 is 2.17 bits per heavy atom. The summed E-state index contributed by atoms with van der Waals surface area (Å²) in [6.45, 7) is 8.04. The maximum absolute atomic E-state index is 13.0. The summed E-state index contributed by atoms with van der Waals surface area (Å²) in [4.78, 5) is 27.5. The normalized spacial score (nSPS) is 24.0. The lowest BCUT2D eigenvalue weighted by Crippen LogP contribution is -2.58. The molecule has 0 aromatic carbocycles. The van der Waals surface area contributed by atoms with Crippen LogP contribution in [0.4, 0.5) is 0 Å². The Bertz CT molecular complexity index is 871. The molecule has 0 spiro atoms. The van der Waals surface area contributed by atoms with Crippen LogP contribution in [0.1, 0.15) is 56.3 Å². The number of hydrogen-bond donors (Lipinski definition) is 1. The minimum absolute atomic E-state index is 0.00778. The van der Waals surface area contributed by atoms with Crippen molar-refractivity contribution in [2.24, 2.45) is 17.8 Å². The predicted octanol–water partition coefficient (Wildman–Crippen LogP) is 2.93. The molecular formula is C22H30N4O3. The number of carbonyl (C=O) groups excluding carboxylic acids is 2. The van der Waals surface area contributed by atoms with Gasteiger partial charge in [-0.3, -0.25) is 14.3 Å². The number of likely N-dealkylation sites (tertiary alicyclic amines) is 1. The molecule has 0 radical (unpaired) electrons. The number of rotatable bonds is 6. The largest absolute Gasteiger partial charge is 0.454 e. The van der Waals surface area contributed by atoms with Crippen LogP contribution in [0.25, 0.3) is 0 Å². The van der Waals surface area contributed by atoms with Gasteiger partial charge >= 0.3 is 0 Å². The van der Waals surface area contributed by atoms with Crippen LogP contribution in [-0.2, 0) is 11.3 Å². The van der Waals surface area contributed by atoms with Gasteiger partial charge < -0.3 is 14.6 Å². The number of fused-ring (bicyclic) bond motifs is 1. The van der Waals surface area contributed by atoms with E-state index in [2.05, 4.69) is 31.2 Å². The summed E-state index contributed by atoms with van der Waals surface area (Å²) in [6, 6.07) is 5.42. The van der Waals surface area contributed by atoms with Crippen molar-refractivity contribution < 1.29 is 14.0 Å². The van der Waals surface area contributed by atoms with E-state index in [-0.39, 0.29) is 29.2 Å². The quantitative estimate of drug-likeness (QED) is 0.811. The Labute approximate surface area is 171 Å². The lowest BCUT2D eigenvalue weighted by molar-refractivity contribution is -0.138. The number of nitrogens with zero attached hydrogens (tertiary/aromatic N) is 3. The van der Waals surface area contributed by atoms with Crippen LogP contribution in [0.2, 0.25) is 0 Å². The molecule has 3 heterocycles. The van der Waals surface area contributed by atoms with E-state index in [0.717, 1.165) is 25.8 Å². The second kappa shape index (κ2) is 7.69. The lowest BCUT2D eigenvalue weighted by Gasteiger charge is -2.50. The molecule has 29 heavy (non-hydrogen) atoms. The molecule has 1 aliphatic carbocycles. The zero-order chi connectivity index (χ0) is 20.6. The van der Waals surface area contributed by atoms with Crippen molar-refractivity contribution in [3.63, 3.8) is 0 Å². The minimum Gasteiger partial charge on any atom is -0.454 e. The van der Waals surface area contributed by atoms with E-state index >= 15 is 0 Å². The summed E-state index contributed by atoms with van der Waals surface area (Å²) in [6.07, 6.45) is 6.36. The number of hydrogen-bond acceptors (Lipinski definition) is 4. The zero-order valence-corrected chi connectivity index (χ0v) is 17.4. The Balaban J connectivity index is 1.37. The minimum atomic E-state index is -0.189. The molecule has 3 atom stereocenters. The lowest BCUT2D eigenvalue weighted by atomic mass is 9.61. The summed E-state index contributed by atoms with van der Waals surface area (Å²) in [7, 11) is 0. The fourth-order valence-electron chi connectivity index (χ4n) is 4.37. The van der Waals surface area contributed by atoms with Gasteiger partial charge in [0.2, 0.25) is 5.91 Å². The molecule has 1 saturated heterocycles. The van der Waals surface area contributed by atoms with Gasteiger partial charge in [-0.2, -0.15) is 5.10 Å². The van der Waals surface area contributed by atoms with E-state index in [1.165, 1.54) is 0 Å². The summed E-state index contributed by atoms with van der Waals surface area (Å²) in [5.74, 6) is 1.91. The monoisotopic (exact) mass is 398 g/mol. The van der Waals surface area contributed by atoms with Gasteiger partial charge in [0.05, 0.1) is 6.54 Å². The first kappa shape index (κ1) is 19.7. The van der Waals surface area contributed by atoms with Crippen LogP contribution >= 0.6 is 0 Å². The van der Waals surface area contributed by atoms with Gasteiger partial charge in [0, 0.05) is 36.9 Å². The third-order valence-corrected chi connectivity index (χ3v) is 6.60. The molecule has 0 bridgehead atoms. The summed E-state index contributed by atoms with van der Waals surface area (Å²) in [5.41, 5.74) is -0.189. The fraction of sp³-hybridized carbons (Fsp3) is 0.591. The molecule has 1 N–H and O–H groups in total. The Morgan fingerprint density at radius 1 is 1.34 bits per heavy atom. The van der Waals surface area contributed by atoms with E-state index in [1.807, 2.05) is 23.2 Å². The van der Waals surface area contributed by atoms with Gasteiger partial charge in [-0.1, -0.05) is 6.92 Å². The molecular weight excluding hydrogens is 368 g/mol. The average Bonchev–Trinajstić information content (AvgIpc) is 3.34. The topological polar surface area (TPSA) is 80.4 Å². The van der Waals surface area contributed by atoms with E-state index in [0.29, 0.717) is 30.5 Å². The van der Waals surface area contributed by atoms with Gasteiger partial charge in [0.25, 0.3) is 5.91 Å². The summed E-state index contributed by atoms with van der Waals surface area (Å²) >= 11 is 0. The number of amides is 2. The maximum atomic E-state index is 13.0. The van der Waals surface area contributed by atoms with Crippen LogP contribution in [0, 0.1) is 17.8 Å². The van der Waals surface area contributed by atoms with Crippen molar-refractivity contribution in [2.45, 2.75) is 52.1 Å². The highest BCUT2D eigenvalue weighted by Crippen LogP contribution is 2.46. The van der Waals surface area contributed by atoms with E-state index in [1.54, 1.807) is 16.9 Å². The van der Waals surface area contributed by atoms with E-state index in [9.17, 15) is 9.59 Å². The Hall–Kier alpha value is -2.57. The highest BCUT2D eigenvalue weighted by atomic mass is 16.4. The van der Waals surface area contributed by atoms with Gasteiger partial charge in [0.1, 0.15) is 5.76 Å². The highest BCUT2D eigenvalue weighted by molar-refractivity contribution is 5.91. The second-order valence-corrected chi connectivity index (χ2v) is 9.00. The zero-order valence-electron chi connectivity index (χ0n) is 17.4. The van der Waals surface area contributed by atoms with Crippen molar-refractivity contribution in [2.75, 3.05) is 13.1 Å². The number of piperidine rings is 1. The Kier molecular flexibility index (Phi) is 5.23. The summed E-state index contributed by atoms with van der Waals surface area (Å²) < 4.78 is 7.53. The first-order valence-electron chi connectivity index (χ1n) is 10.5. The maximum Gasteiger partial charge on any atom is 0.289 e. The van der Waals surface area contributed by atoms with E-state index < -0.39 is 0 Å². The molecule has 2 aliphatic rings. The number of aromatic nitrogens is 2. The molecule has 0 unspecified atom stereocenters. The predicted molar refractivity (Wildman–Crippen MR) is 108 cm³/mol. The molecule has 156 valence electrons. The third kappa shape index (κ3) is 4.09. The van der Waals surface area contributed by atoms with Crippen molar-refractivity contribution in [1.29, 1.82) is 0 Å². The van der Waals surface area contributed by atoms with Gasteiger partial charge in [0.15, 0.2) is 5.76 Å². The first-order valence-corrected chi connectivity index (χ1v) is 10.5. The summed E-state index contributed by atoms with van der Waals surface area (Å²) in [5, 5.41) is 7.33. The SMILES string of the molecule is CCC(C)(C)NC(=O)[C@@H]1C[C@H]2CCN(C(=O)c3ccc(Cn4cccn4)o3)C[C@H]21. The molecule has 7 heteroatoms. The molecule has 2 aromatic heterocycles. The molecule has 7 nitrogen and oxygen atoms in total. The molecule has 1 saturated carbocycles. The average molecular weight is 399 g/mol. The van der Waals surface area contributed by atoms with Crippen LogP contribution in [0.5, 0.6) is 0 Å². The smallest absolute Gasteiger partial charge is 0.289 e.